The van der Waals surface area contributed by atoms with Crippen molar-refractivity contribution in [1.29, 1.82) is 0 Å². The van der Waals surface area contributed by atoms with Crippen LogP contribution in [0.15, 0.2) is 54.6 Å². The van der Waals surface area contributed by atoms with Crippen molar-refractivity contribution in [1.82, 2.24) is 5.32 Å². The average molecular weight is 287 g/mol. The monoisotopic (exact) mass is 287 g/mol. The van der Waals surface area contributed by atoms with Gasteiger partial charge in [-0.15, -0.1) is 0 Å². The van der Waals surface area contributed by atoms with E-state index in [1.165, 1.54) is 12.1 Å². The van der Waals surface area contributed by atoms with E-state index in [0.29, 0.717) is 0 Å². The summed E-state index contributed by atoms with van der Waals surface area (Å²) in [6, 6.07) is 12.9. The van der Waals surface area contributed by atoms with Crippen LogP contribution < -0.4 is 5.32 Å². The molecule has 108 valence electrons. The van der Waals surface area contributed by atoms with Gasteiger partial charge in [-0.3, -0.25) is 4.79 Å². The second kappa shape index (κ2) is 6.65. The minimum atomic E-state index is -1.12. The first-order valence-electron chi connectivity index (χ1n) is 6.39. The molecule has 2 N–H and O–H groups in total. The number of amides is 1. The molecular formula is C16H14FNO3. The van der Waals surface area contributed by atoms with Gasteiger partial charge in [0, 0.05) is 12.0 Å². The molecule has 0 bridgehead atoms. The van der Waals surface area contributed by atoms with Gasteiger partial charge in [0.05, 0.1) is 0 Å². The highest BCUT2D eigenvalue weighted by Crippen LogP contribution is 2.06. The molecule has 2 aromatic rings. The fourth-order valence-electron chi connectivity index (χ4n) is 1.89. The molecule has 0 aromatic heterocycles. The molecule has 0 aliphatic carbocycles. The van der Waals surface area contributed by atoms with Crippen LogP contribution in [0, 0.1) is 5.82 Å². The van der Waals surface area contributed by atoms with Crippen LogP contribution in [0.25, 0.3) is 0 Å². The SMILES string of the molecule is O=C(N[C@H](Cc1ccccc1)C(=O)O)c1ccc(F)cc1. The lowest BCUT2D eigenvalue weighted by molar-refractivity contribution is -0.139. The Morgan fingerprint density at radius 1 is 1.05 bits per heavy atom. The largest absolute Gasteiger partial charge is 0.480 e. The number of hydrogen-bond acceptors (Lipinski definition) is 2. The van der Waals surface area contributed by atoms with Crippen molar-refractivity contribution in [3.05, 3.63) is 71.5 Å². The Morgan fingerprint density at radius 2 is 1.67 bits per heavy atom. The van der Waals surface area contributed by atoms with Gasteiger partial charge in [0.15, 0.2) is 0 Å². The maximum absolute atomic E-state index is 12.8. The zero-order chi connectivity index (χ0) is 15.2. The zero-order valence-electron chi connectivity index (χ0n) is 11.1. The summed E-state index contributed by atoms with van der Waals surface area (Å²) in [6.07, 6.45) is 0.184. The van der Waals surface area contributed by atoms with Crippen LogP contribution in [0.2, 0.25) is 0 Å². The third-order valence-corrected chi connectivity index (χ3v) is 2.99. The number of rotatable bonds is 5. The normalized spacial score (nSPS) is 11.7. The number of benzene rings is 2. The van der Waals surface area contributed by atoms with Crippen LogP contribution in [-0.4, -0.2) is 23.0 Å². The number of halogens is 1. The van der Waals surface area contributed by atoms with Gasteiger partial charge >= 0.3 is 5.97 Å². The van der Waals surface area contributed by atoms with Crippen molar-refractivity contribution in [3.63, 3.8) is 0 Å². The van der Waals surface area contributed by atoms with Crippen molar-refractivity contribution in [2.24, 2.45) is 0 Å². The molecule has 0 heterocycles. The van der Waals surface area contributed by atoms with E-state index in [9.17, 15) is 19.1 Å². The molecule has 0 aliphatic heterocycles. The summed E-state index contributed by atoms with van der Waals surface area (Å²) in [5.41, 5.74) is 1.03. The van der Waals surface area contributed by atoms with E-state index in [1.807, 2.05) is 6.07 Å². The molecular weight excluding hydrogens is 273 g/mol. The molecule has 4 nitrogen and oxygen atoms in total. The van der Waals surface area contributed by atoms with E-state index in [1.54, 1.807) is 24.3 Å². The Bertz CT molecular complexity index is 626. The molecule has 0 fully saturated rings. The summed E-state index contributed by atoms with van der Waals surface area (Å²) < 4.78 is 12.8. The number of carboxylic acid groups (broad SMARTS) is 1. The van der Waals surface area contributed by atoms with Gasteiger partial charge in [0.2, 0.25) is 0 Å². The van der Waals surface area contributed by atoms with Gasteiger partial charge in [-0.05, 0) is 29.8 Å². The predicted octanol–water partition coefficient (Wildman–Crippen LogP) is 2.25. The molecule has 1 amide bonds. The highest BCUT2D eigenvalue weighted by molar-refractivity contribution is 5.96. The summed E-state index contributed by atoms with van der Waals surface area (Å²) >= 11 is 0. The van der Waals surface area contributed by atoms with Crippen LogP contribution in [0.4, 0.5) is 4.39 Å². The third kappa shape index (κ3) is 4.14. The van der Waals surface area contributed by atoms with E-state index in [0.717, 1.165) is 17.7 Å². The molecule has 1 atom stereocenters. The summed E-state index contributed by atoms with van der Waals surface area (Å²) in [4.78, 5) is 23.2. The van der Waals surface area contributed by atoms with Crippen molar-refractivity contribution in [3.8, 4) is 0 Å². The molecule has 2 rings (SSSR count). The number of aliphatic carboxylic acids is 1. The lowest BCUT2D eigenvalue weighted by atomic mass is 10.1. The first-order valence-corrected chi connectivity index (χ1v) is 6.39. The Morgan fingerprint density at radius 3 is 2.24 bits per heavy atom. The Balaban J connectivity index is 2.07. The maximum Gasteiger partial charge on any atom is 0.326 e. The zero-order valence-corrected chi connectivity index (χ0v) is 11.1. The number of carboxylic acids is 1. The third-order valence-electron chi connectivity index (χ3n) is 2.99. The van der Waals surface area contributed by atoms with Gasteiger partial charge in [-0.1, -0.05) is 30.3 Å². The smallest absolute Gasteiger partial charge is 0.326 e. The molecule has 0 spiro atoms. The summed E-state index contributed by atoms with van der Waals surface area (Å²) in [7, 11) is 0. The maximum atomic E-state index is 12.8. The van der Waals surface area contributed by atoms with Crippen molar-refractivity contribution < 1.29 is 19.1 Å². The summed E-state index contributed by atoms with van der Waals surface area (Å²) in [5, 5.41) is 11.6. The average Bonchev–Trinajstić information content (AvgIpc) is 2.48. The fourth-order valence-corrected chi connectivity index (χ4v) is 1.89. The van der Waals surface area contributed by atoms with E-state index in [2.05, 4.69) is 5.32 Å². The number of hydrogen-bond donors (Lipinski definition) is 2. The van der Waals surface area contributed by atoms with Crippen molar-refractivity contribution in [2.75, 3.05) is 0 Å². The molecule has 0 unspecified atom stereocenters. The van der Waals surface area contributed by atoms with Crippen LogP contribution >= 0.6 is 0 Å². The summed E-state index contributed by atoms with van der Waals surface area (Å²) in [6.45, 7) is 0. The van der Waals surface area contributed by atoms with Crippen LogP contribution in [0.1, 0.15) is 15.9 Å². The first-order chi connectivity index (χ1) is 10.1. The molecule has 5 heteroatoms. The van der Waals surface area contributed by atoms with Crippen LogP contribution in [-0.2, 0) is 11.2 Å². The van der Waals surface area contributed by atoms with E-state index < -0.39 is 23.7 Å². The van der Waals surface area contributed by atoms with Gasteiger partial charge in [0.25, 0.3) is 5.91 Å². The number of carbonyl (C=O) groups is 2. The molecule has 0 aliphatic rings. The highest BCUT2D eigenvalue weighted by atomic mass is 19.1. The van der Waals surface area contributed by atoms with E-state index in [4.69, 9.17) is 0 Å². The second-order valence-electron chi connectivity index (χ2n) is 4.56. The molecule has 0 saturated heterocycles. The van der Waals surface area contributed by atoms with E-state index in [-0.39, 0.29) is 12.0 Å². The Labute approximate surface area is 121 Å². The standard InChI is InChI=1S/C16H14FNO3/c17-13-8-6-12(7-9-13)15(19)18-14(16(20)21)10-11-4-2-1-3-5-11/h1-9,14H,10H2,(H,18,19)(H,20,21)/t14-/m1/s1. The van der Waals surface area contributed by atoms with E-state index >= 15 is 0 Å². The fraction of sp³-hybridized carbons (Fsp3) is 0.125. The number of carbonyl (C=O) groups excluding carboxylic acids is 1. The van der Waals surface area contributed by atoms with Crippen molar-refractivity contribution in [2.45, 2.75) is 12.5 Å². The highest BCUT2D eigenvalue weighted by Gasteiger charge is 2.21. The van der Waals surface area contributed by atoms with Crippen molar-refractivity contribution >= 4 is 11.9 Å². The number of nitrogens with one attached hydrogen (secondary N) is 1. The molecule has 2 aromatic carbocycles. The molecule has 0 radical (unpaired) electrons. The lowest BCUT2D eigenvalue weighted by Gasteiger charge is -2.14. The minimum absolute atomic E-state index is 0.184. The topological polar surface area (TPSA) is 66.4 Å². The van der Waals surface area contributed by atoms with Crippen LogP contribution in [0.5, 0.6) is 0 Å². The molecule has 0 saturated carbocycles. The van der Waals surface area contributed by atoms with Gasteiger partial charge in [0.1, 0.15) is 11.9 Å². The lowest BCUT2D eigenvalue weighted by Crippen LogP contribution is -2.42. The second-order valence-corrected chi connectivity index (χ2v) is 4.56. The van der Waals surface area contributed by atoms with Gasteiger partial charge in [-0.25, -0.2) is 9.18 Å². The van der Waals surface area contributed by atoms with Gasteiger partial charge < -0.3 is 10.4 Å². The quantitative estimate of drug-likeness (QED) is 0.886. The first kappa shape index (κ1) is 14.7. The minimum Gasteiger partial charge on any atom is -0.480 e. The van der Waals surface area contributed by atoms with Crippen LogP contribution in [0.3, 0.4) is 0 Å². The van der Waals surface area contributed by atoms with Gasteiger partial charge in [-0.2, -0.15) is 0 Å². The Hall–Kier alpha value is -2.69. The Kier molecular flexibility index (Phi) is 4.66. The molecule has 21 heavy (non-hydrogen) atoms. The predicted molar refractivity (Wildman–Crippen MR) is 75.4 cm³/mol. The summed E-state index contributed by atoms with van der Waals surface area (Å²) in [5.74, 6) is -2.11.